The Morgan fingerprint density at radius 3 is 2.12 bits per heavy atom. The van der Waals surface area contributed by atoms with E-state index < -0.39 is 16.9 Å². The maximum Gasteiger partial charge on any atom is 0.314 e. The monoisotopic (exact) mass is 439 g/mol. The van der Waals surface area contributed by atoms with Crippen molar-refractivity contribution in [3.63, 3.8) is 0 Å². The normalized spacial score (nSPS) is 22.8. The third-order valence-electron chi connectivity index (χ3n) is 6.62. The highest BCUT2D eigenvalue weighted by Gasteiger charge is 2.55. The van der Waals surface area contributed by atoms with Crippen molar-refractivity contribution >= 4 is 11.9 Å². The van der Waals surface area contributed by atoms with Crippen molar-refractivity contribution in [2.45, 2.75) is 69.2 Å². The molecule has 2 aromatic rings. The Balaban J connectivity index is 1.78. The smallest absolute Gasteiger partial charge is 0.314 e. The van der Waals surface area contributed by atoms with E-state index in [2.05, 4.69) is 6.92 Å². The second-order valence-corrected chi connectivity index (χ2v) is 8.50. The largest absolute Gasteiger partial charge is 0.481 e. The standard InChI is InChI=1S/C25H29NO6/c1-2-3-5-10-22(27)32-21-13-11-20(12-14-21)25(26(30)31)17-15-24(16-18-25,23(28)29)19-8-6-4-7-9-19/h4,6-9,11-14H,2-3,5,10,15-18H2,1H3,(H,28,29). The van der Waals surface area contributed by atoms with E-state index in [0.29, 0.717) is 23.3 Å². The molecule has 0 saturated heterocycles. The number of unbranched alkanes of at least 4 members (excludes halogenated alkanes) is 2. The first-order chi connectivity index (χ1) is 15.3. The van der Waals surface area contributed by atoms with Crippen LogP contribution in [0.2, 0.25) is 0 Å². The van der Waals surface area contributed by atoms with Crippen LogP contribution in [-0.2, 0) is 20.5 Å². The number of nitrogens with zero attached hydrogens (tertiary/aromatic N) is 1. The summed E-state index contributed by atoms with van der Waals surface area (Å²) in [5, 5.41) is 22.2. The molecule has 1 fully saturated rings. The number of carboxylic acids is 1. The number of ether oxygens (including phenoxy) is 1. The van der Waals surface area contributed by atoms with Gasteiger partial charge in [-0.1, -0.05) is 50.1 Å². The highest BCUT2D eigenvalue weighted by molar-refractivity contribution is 5.81. The summed E-state index contributed by atoms with van der Waals surface area (Å²) in [4.78, 5) is 36.0. The molecule has 0 aliphatic heterocycles. The molecule has 7 nitrogen and oxygen atoms in total. The first-order valence-corrected chi connectivity index (χ1v) is 11.1. The lowest BCUT2D eigenvalue weighted by atomic mass is 9.62. The zero-order chi connectivity index (χ0) is 23.2. The van der Waals surface area contributed by atoms with Gasteiger partial charge in [0, 0.05) is 29.7 Å². The molecule has 7 heteroatoms. The molecule has 0 aromatic heterocycles. The molecule has 2 aromatic carbocycles. The molecule has 0 bridgehead atoms. The summed E-state index contributed by atoms with van der Waals surface area (Å²) in [6, 6.07) is 15.3. The van der Waals surface area contributed by atoms with E-state index in [4.69, 9.17) is 4.74 Å². The second kappa shape index (κ2) is 9.94. The highest BCUT2D eigenvalue weighted by Crippen LogP contribution is 2.49. The van der Waals surface area contributed by atoms with E-state index in [1.807, 2.05) is 6.07 Å². The topological polar surface area (TPSA) is 107 Å². The number of hydrogen-bond acceptors (Lipinski definition) is 5. The molecule has 0 heterocycles. The number of hydrogen-bond donors (Lipinski definition) is 1. The molecule has 170 valence electrons. The quantitative estimate of drug-likeness (QED) is 0.188. The van der Waals surface area contributed by atoms with Crippen molar-refractivity contribution in [2.75, 3.05) is 0 Å². The lowest BCUT2D eigenvalue weighted by Crippen LogP contribution is -2.47. The molecule has 0 unspecified atom stereocenters. The lowest BCUT2D eigenvalue weighted by Gasteiger charge is -2.40. The van der Waals surface area contributed by atoms with E-state index in [1.54, 1.807) is 48.5 Å². The second-order valence-electron chi connectivity index (χ2n) is 8.50. The Bertz CT molecular complexity index is 946. The van der Waals surface area contributed by atoms with E-state index >= 15 is 0 Å². The molecule has 0 amide bonds. The third kappa shape index (κ3) is 4.66. The van der Waals surface area contributed by atoms with Crippen LogP contribution >= 0.6 is 0 Å². The van der Waals surface area contributed by atoms with Crippen molar-refractivity contribution in [3.8, 4) is 5.75 Å². The number of carbonyl (C=O) groups excluding carboxylic acids is 1. The van der Waals surface area contributed by atoms with E-state index in [1.165, 1.54) is 0 Å². The minimum absolute atomic E-state index is 0.108. The van der Waals surface area contributed by atoms with Crippen LogP contribution in [0.25, 0.3) is 0 Å². The highest BCUT2D eigenvalue weighted by atomic mass is 16.6. The van der Waals surface area contributed by atoms with Gasteiger partial charge in [0.1, 0.15) is 5.75 Å². The van der Waals surface area contributed by atoms with E-state index in [-0.39, 0.29) is 36.6 Å². The Morgan fingerprint density at radius 1 is 0.969 bits per heavy atom. The molecular formula is C25H29NO6. The average Bonchev–Trinajstić information content (AvgIpc) is 2.80. The molecule has 0 radical (unpaired) electrons. The summed E-state index contributed by atoms with van der Waals surface area (Å²) in [5.41, 5.74) is -1.32. The van der Waals surface area contributed by atoms with Crippen LogP contribution in [0.15, 0.2) is 54.6 Å². The maximum absolute atomic E-state index is 12.2. The zero-order valence-corrected chi connectivity index (χ0v) is 18.3. The predicted octanol–water partition coefficient (Wildman–Crippen LogP) is 5.24. The van der Waals surface area contributed by atoms with Gasteiger partial charge >= 0.3 is 11.9 Å². The number of nitro groups is 1. The van der Waals surface area contributed by atoms with Crippen LogP contribution in [0.5, 0.6) is 5.75 Å². The Morgan fingerprint density at radius 2 is 1.59 bits per heavy atom. The van der Waals surface area contributed by atoms with E-state index in [0.717, 1.165) is 19.3 Å². The molecule has 1 aliphatic carbocycles. The Hall–Kier alpha value is -3.22. The number of esters is 1. The molecule has 1 N–H and O–H groups in total. The van der Waals surface area contributed by atoms with Gasteiger partial charge < -0.3 is 9.84 Å². The third-order valence-corrected chi connectivity index (χ3v) is 6.62. The number of carbonyl (C=O) groups is 2. The fourth-order valence-electron chi connectivity index (χ4n) is 4.59. The summed E-state index contributed by atoms with van der Waals surface area (Å²) < 4.78 is 5.33. The van der Waals surface area contributed by atoms with Gasteiger partial charge in [0.05, 0.1) is 5.41 Å². The van der Waals surface area contributed by atoms with Crippen LogP contribution in [0.1, 0.15) is 69.4 Å². The molecule has 32 heavy (non-hydrogen) atoms. The van der Waals surface area contributed by atoms with Crippen LogP contribution in [0.4, 0.5) is 0 Å². The summed E-state index contributed by atoms with van der Waals surface area (Å²) in [6.45, 7) is 2.06. The molecule has 0 spiro atoms. The molecule has 0 atom stereocenters. The van der Waals surface area contributed by atoms with E-state index in [9.17, 15) is 24.8 Å². The van der Waals surface area contributed by atoms with Crippen LogP contribution in [0, 0.1) is 10.1 Å². The fraction of sp³-hybridized carbons (Fsp3) is 0.440. The molecule has 1 aliphatic rings. The fourth-order valence-corrected chi connectivity index (χ4v) is 4.59. The minimum Gasteiger partial charge on any atom is -0.481 e. The van der Waals surface area contributed by atoms with Gasteiger partial charge in [0.15, 0.2) is 0 Å². The van der Waals surface area contributed by atoms with Gasteiger partial charge in [0.25, 0.3) is 0 Å². The van der Waals surface area contributed by atoms with Crippen molar-refractivity contribution in [3.05, 3.63) is 75.8 Å². The van der Waals surface area contributed by atoms with Crippen LogP contribution < -0.4 is 4.74 Å². The predicted molar refractivity (Wildman–Crippen MR) is 119 cm³/mol. The zero-order valence-electron chi connectivity index (χ0n) is 18.3. The number of benzene rings is 2. The lowest BCUT2D eigenvalue weighted by molar-refractivity contribution is -0.585. The van der Waals surface area contributed by atoms with Crippen molar-refractivity contribution < 1.29 is 24.4 Å². The van der Waals surface area contributed by atoms with Crippen LogP contribution in [0.3, 0.4) is 0 Å². The van der Waals surface area contributed by atoms with Crippen LogP contribution in [-0.4, -0.2) is 22.0 Å². The maximum atomic E-state index is 12.2. The average molecular weight is 440 g/mol. The first-order valence-electron chi connectivity index (χ1n) is 11.1. The van der Waals surface area contributed by atoms with Crippen molar-refractivity contribution in [1.29, 1.82) is 0 Å². The summed E-state index contributed by atoms with van der Waals surface area (Å²) in [5.74, 6) is -0.915. The first kappa shape index (κ1) is 23.4. The van der Waals surface area contributed by atoms with Gasteiger partial charge in [-0.05, 0) is 49.1 Å². The SMILES string of the molecule is CCCCCC(=O)Oc1ccc(C2([N+](=O)[O-])CCC(C(=O)O)(c3ccccc3)CC2)cc1. The number of carboxylic acid groups (broad SMARTS) is 1. The number of rotatable bonds is 9. The van der Waals surface area contributed by atoms with Gasteiger partial charge in [-0.15, -0.1) is 0 Å². The molecule has 3 rings (SSSR count). The van der Waals surface area contributed by atoms with Crippen molar-refractivity contribution in [1.82, 2.24) is 0 Å². The van der Waals surface area contributed by atoms with Gasteiger partial charge in [-0.3, -0.25) is 19.7 Å². The molecule has 1 saturated carbocycles. The number of aliphatic carboxylic acids is 1. The minimum atomic E-state index is -1.36. The Labute approximate surface area is 187 Å². The Kier molecular flexibility index (Phi) is 7.28. The summed E-state index contributed by atoms with van der Waals surface area (Å²) in [6.07, 6.45) is 3.63. The van der Waals surface area contributed by atoms with Gasteiger partial charge in [-0.2, -0.15) is 0 Å². The van der Waals surface area contributed by atoms with Gasteiger partial charge in [0.2, 0.25) is 5.54 Å². The van der Waals surface area contributed by atoms with Gasteiger partial charge in [-0.25, -0.2) is 0 Å². The molecular weight excluding hydrogens is 410 g/mol. The summed E-state index contributed by atoms with van der Waals surface area (Å²) in [7, 11) is 0. The van der Waals surface area contributed by atoms with Crippen molar-refractivity contribution in [2.24, 2.45) is 0 Å². The summed E-state index contributed by atoms with van der Waals surface area (Å²) >= 11 is 0.